The molecular formula is C18H33N3. The lowest BCUT2D eigenvalue weighted by molar-refractivity contribution is 0.106. The predicted molar refractivity (Wildman–Crippen MR) is 89.5 cm³/mol. The van der Waals surface area contributed by atoms with Crippen molar-refractivity contribution in [2.24, 2.45) is 17.1 Å². The Bertz CT molecular complexity index is 487. The molecule has 0 amide bonds. The van der Waals surface area contributed by atoms with Crippen LogP contribution in [0.5, 0.6) is 0 Å². The molecule has 0 aromatic carbocycles. The molecule has 0 radical (unpaired) electrons. The molecule has 1 aromatic heterocycles. The van der Waals surface area contributed by atoms with Gasteiger partial charge in [-0.2, -0.15) is 5.10 Å². The summed E-state index contributed by atoms with van der Waals surface area (Å²) < 4.78 is 2.25. The molecule has 0 bridgehead atoms. The van der Waals surface area contributed by atoms with Crippen LogP contribution in [-0.2, 0) is 6.42 Å². The highest BCUT2D eigenvalue weighted by Crippen LogP contribution is 2.44. The SMILES string of the molecule is CCc1c(C)nn(C2CC(C(C)(C)CC)CCC2N)c1C. The third kappa shape index (κ3) is 3.03. The van der Waals surface area contributed by atoms with E-state index in [1.54, 1.807) is 0 Å². The Labute approximate surface area is 130 Å². The van der Waals surface area contributed by atoms with Crippen molar-refractivity contribution in [3.63, 3.8) is 0 Å². The lowest BCUT2D eigenvalue weighted by Gasteiger charge is -2.42. The number of aromatic nitrogens is 2. The van der Waals surface area contributed by atoms with Crippen molar-refractivity contribution >= 4 is 0 Å². The van der Waals surface area contributed by atoms with Gasteiger partial charge in [0.2, 0.25) is 0 Å². The normalized spacial score (nSPS) is 27.1. The van der Waals surface area contributed by atoms with Gasteiger partial charge in [-0.25, -0.2) is 0 Å². The van der Waals surface area contributed by atoms with Crippen molar-refractivity contribution in [3.05, 3.63) is 17.0 Å². The molecule has 1 aromatic rings. The Morgan fingerprint density at radius 1 is 1.24 bits per heavy atom. The van der Waals surface area contributed by atoms with Gasteiger partial charge in [-0.15, -0.1) is 0 Å². The predicted octanol–water partition coefficient (Wildman–Crippen LogP) is 4.17. The smallest absolute Gasteiger partial charge is 0.0676 e. The van der Waals surface area contributed by atoms with Crippen LogP contribution in [-0.4, -0.2) is 15.8 Å². The summed E-state index contributed by atoms with van der Waals surface area (Å²) in [4.78, 5) is 0. The van der Waals surface area contributed by atoms with Gasteiger partial charge in [-0.1, -0.05) is 34.1 Å². The molecule has 1 aliphatic rings. The van der Waals surface area contributed by atoms with Crippen molar-refractivity contribution in [2.75, 3.05) is 0 Å². The molecule has 3 nitrogen and oxygen atoms in total. The average molecular weight is 291 g/mol. The molecule has 1 saturated carbocycles. The van der Waals surface area contributed by atoms with E-state index in [0.29, 0.717) is 11.5 Å². The zero-order chi connectivity index (χ0) is 15.8. The maximum Gasteiger partial charge on any atom is 0.0676 e. The molecule has 0 saturated heterocycles. The van der Waals surface area contributed by atoms with E-state index >= 15 is 0 Å². The van der Waals surface area contributed by atoms with Crippen LogP contribution in [0.2, 0.25) is 0 Å². The fourth-order valence-corrected chi connectivity index (χ4v) is 3.98. The molecular weight excluding hydrogens is 258 g/mol. The van der Waals surface area contributed by atoms with Crippen LogP contribution in [0.15, 0.2) is 0 Å². The number of rotatable bonds is 4. The molecule has 1 aliphatic carbocycles. The van der Waals surface area contributed by atoms with Gasteiger partial charge in [-0.05, 0) is 56.4 Å². The van der Waals surface area contributed by atoms with Gasteiger partial charge >= 0.3 is 0 Å². The minimum atomic E-state index is 0.247. The summed E-state index contributed by atoms with van der Waals surface area (Å²) in [6.45, 7) is 13.7. The Kier molecular flexibility index (Phi) is 4.82. The molecule has 3 atom stereocenters. The van der Waals surface area contributed by atoms with Crippen LogP contribution in [0.4, 0.5) is 0 Å². The van der Waals surface area contributed by atoms with Gasteiger partial charge in [0.15, 0.2) is 0 Å². The van der Waals surface area contributed by atoms with E-state index in [9.17, 15) is 0 Å². The first-order valence-electron chi connectivity index (χ1n) is 8.62. The lowest BCUT2D eigenvalue weighted by Crippen LogP contribution is -2.42. The highest BCUT2D eigenvalue weighted by molar-refractivity contribution is 5.25. The number of nitrogens with two attached hydrogens (primary N) is 1. The van der Waals surface area contributed by atoms with Crippen LogP contribution in [0, 0.1) is 25.2 Å². The number of aryl methyl sites for hydroxylation is 1. The molecule has 1 heterocycles. The van der Waals surface area contributed by atoms with Crippen molar-refractivity contribution in [1.29, 1.82) is 0 Å². The van der Waals surface area contributed by atoms with E-state index in [2.05, 4.69) is 46.2 Å². The van der Waals surface area contributed by atoms with Gasteiger partial charge < -0.3 is 5.73 Å². The van der Waals surface area contributed by atoms with Gasteiger partial charge in [0.05, 0.1) is 11.7 Å². The van der Waals surface area contributed by atoms with Gasteiger partial charge in [0.1, 0.15) is 0 Å². The Morgan fingerprint density at radius 2 is 1.90 bits per heavy atom. The van der Waals surface area contributed by atoms with E-state index in [4.69, 9.17) is 10.8 Å². The second-order valence-corrected chi connectivity index (χ2v) is 7.53. The quantitative estimate of drug-likeness (QED) is 0.905. The minimum absolute atomic E-state index is 0.247. The third-order valence-corrected chi connectivity index (χ3v) is 6.03. The molecule has 2 rings (SSSR count). The number of hydrogen-bond acceptors (Lipinski definition) is 2. The maximum absolute atomic E-state index is 6.47. The van der Waals surface area contributed by atoms with Gasteiger partial charge in [0, 0.05) is 11.7 Å². The summed E-state index contributed by atoms with van der Waals surface area (Å²) >= 11 is 0. The zero-order valence-electron chi connectivity index (χ0n) is 14.7. The van der Waals surface area contributed by atoms with Crippen LogP contribution in [0.3, 0.4) is 0 Å². The van der Waals surface area contributed by atoms with Crippen LogP contribution in [0.25, 0.3) is 0 Å². The molecule has 3 unspecified atom stereocenters. The summed E-state index contributed by atoms with van der Waals surface area (Å²) in [5.74, 6) is 0.751. The number of nitrogens with zero attached hydrogens (tertiary/aromatic N) is 2. The molecule has 120 valence electrons. The van der Waals surface area contributed by atoms with Gasteiger partial charge in [0.25, 0.3) is 0 Å². The van der Waals surface area contributed by atoms with E-state index in [-0.39, 0.29) is 6.04 Å². The summed E-state index contributed by atoms with van der Waals surface area (Å²) in [6.07, 6.45) is 5.85. The van der Waals surface area contributed by atoms with E-state index in [1.165, 1.54) is 36.2 Å². The monoisotopic (exact) mass is 291 g/mol. The van der Waals surface area contributed by atoms with Crippen molar-refractivity contribution in [2.45, 2.75) is 85.7 Å². The summed E-state index contributed by atoms with van der Waals surface area (Å²) in [5, 5.41) is 4.83. The molecule has 21 heavy (non-hydrogen) atoms. The Hall–Kier alpha value is -0.830. The van der Waals surface area contributed by atoms with Crippen LogP contribution >= 0.6 is 0 Å². The van der Waals surface area contributed by atoms with E-state index in [0.717, 1.165) is 18.8 Å². The maximum atomic E-state index is 6.47. The molecule has 3 heteroatoms. The topological polar surface area (TPSA) is 43.8 Å². The van der Waals surface area contributed by atoms with Crippen LogP contribution < -0.4 is 5.73 Å². The minimum Gasteiger partial charge on any atom is -0.326 e. The standard InChI is InChI=1S/C18H33N3/c1-7-15-12(3)20-21(13(15)4)17-11-14(9-10-16(17)19)18(5,6)8-2/h14,16-17H,7-11,19H2,1-6H3. The largest absolute Gasteiger partial charge is 0.326 e. The van der Waals surface area contributed by atoms with Crippen molar-refractivity contribution in [3.8, 4) is 0 Å². The summed E-state index contributed by atoms with van der Waals surface area (Å²) in [5.41, 5.74) is 10.8. The highest BCUT2D eigenvalue weighted by atomic mass is 15.3. The Morgan fingerprint density at radius 3 is 2.43 bits per heavy atom. The summed E-state index contributed by atoms with van der Waals surface area (Å²) in [6, 6.07) is 0.616. The second-order valence-electron chi connectivity index (χ2n) is 7.53. The Balaban J connectivity index is 2.29. The molecule has 1 fully saturated rings. The number of hydrogen-bond donors (Lipinski definition) is 1. The van der Waals surface area contributed by atoms with Crippen LogP contribution in [0.1, 0.15) is 76.4 Å². The molecule has 0 aliphatic heterocycles. The highest BCUT2D eigenvalue weighted by Gasteiger charge is 2.37. The van der Waals surface area contributed by atoms with E-state index < -0.39 is 0 Å². The molecule has 0 spiro atoms. The summed E-state index contributed by atoms with van der Waals surface area (Å²) in [7, 11) is 0. The first-order valence-corrected chi connectivity index (χ1v) is 8.62. The third-order valence-electron chi connectivity index (χ3n) is 6.03. The zero-order valence-corrected chi connectivity index (χ0v) is 14.7. The first kappa shape index (κ1) is 16.5. The molecule has 2 N–H and O–H groups in total. The van der Waals surface area contributed by atoms with Crippen molar-refractivity contribution < 1.29 is 0 Å². The van der Waals surface area contributed by atoms with Crippen molar-refractivity contribution in [1.82, 2.24) is 9.78 Å². The second kappa shape index (κ2) is 6.12. The lowest BCUT2D eigenvalue weighted by atomic mass is 9.67. The fourth-order valence-electron chi connectivity index (χ4n) is 3.98. The van der Waals surface area contributed by atoms with Gasteiger partial charge in [-0.3, -0.25) is 4.68 Å². The average Bonchev–Trinajstić information content (AvgIpc) is 2.73. The first-order chi connectivity index (χ1) is 9.81. The van der Waals surface area contributed by atoms with E-state index in [1.807, 2.05) is 0 Å². The fraction of sp³-hybridized carbons (Fsp3) is 0.833.